The highest BCUT2D eigenvalue weighted by atomic mass is 16.5. The lowest BCUT2D eigenvalue weighted by atomic mass is 9.70. The maximum atomic E-state index is 5.85. The zero-order chi connectivity index (χ0) is 26.3. The summed E-state index contributed by atoms with van der Waals surface area (Å²) in [6, 6.07) is 22.6. The second-order valence-electron chi connectivity index (χ2n) is 10.6. The normalized spacial score (nSPS) is 16.3. The average molecular weight is 500 g/mol. The van der Waals surface area contributed by atoms with Crippen LogP contribution in [0.15, 0.2) is 66.9 Å². The monoisotopic (exact) mass is 499 g/mol. The number of hydrogen-bond acceptors (Lipinski definition) is 4. The van der Waals surface area contributed by atoms with Crippen molar-refractivity contribution in [1.29, 1.82) is 0 Å². The highest BCUT2D eigenvalue weighted by Gasteiger charge is 2.52. The molecule has 0 saturated heterocycles. The van der Waals surface area contributed by atoms with E-state index in [-0.39, 0.29) is 0 Å². The lowest BCUT2D eigenvalue weighted by molar-refractivity contribution is 0.354. The molecule has 0 aliphatic heterocycles. The van der Waals surface area contributed by atoms with Crippen LogP contribution in [0.4, 0.5) is 0 Å². The van der Waals surface area contributed by atoms with E-state index in [4.69, 9.17) is 9.47 Å². The molecule has 0 radical (unpaired) electrons. The van der Waals surface area contributed by atoms with E-state index in [1.54, 1.807) is 14.2 Å². The van der Waals surface area contributed by atoms with Gasteiger partial charge in [0.05, 0.1) is 37.2 Å². The molecular formula is C33H29N3O2. The molecule has 5 nitrogen and oxygen atoms in total. The summed E-state index contributed by atoms with van der Waals surface area (Å²) in [6.45, 7) is 8.54. The van der Waals surface area contributed by atoms with Crippen molar-refractivity contribution in [2.45, 2.75) is 33.1 Å². The lowest BCUT2D eigenvalue weighted by Crippen LogP contribution is -2.26. The average Bonchev–Trinajstić information content (AvgIpc) is 3.55. The molecule has 0 amide bonds. The van der Waals surface area contributed by atoms with Gasteiger partial charge >= 0.3 is 0 Å². The van der Waals surface area contributed by atoms with Gasteiger partial charge in [-0.05, 0) is 108 Å². The summed E-state index contributed by atoms with van der Waals surface area (Å²) >= 11 is 0. The Bertz CT molecular complexity index is 1800. The van der Waals surface area contributed by atoms with Gasteiger partial charge in [0.15, 0.2) is 11.5 Å². The number of fused-ring (bicyclic) bond motifs is 10. The van der Waals surface area contributed by atoms with Gasteiger partial charge in [0.25, 0.3) is 0 Å². The summed E-state index contributed by atoms with van der Waals surface area (Å²) in [5.41, 5.74) is 15.2. The van der Waals surface area contributed by atoms with Crippen molar-refractivity contribution in [2.24, 2.45) is 0 Å². The number of aromatic nitrogens is 3. The Kier molecular flexibility index (Phi) is 4.68. The summed E-state index contributed by atoms with van der Waals surface area (Å²) < 4.78 is 13.5. The van der Waals surface area contributed by atoms with Crippen molar-refractivity contribution in [3.8, 4) is 39.4 Å². The first-order valence-corrected chi connectivity index (χ1v) is 12.9. The Morgan fingerprint density at radius 1 is 0.632 bits per heavy atom. The Labute approximate surface area is 222 Å². The van der Waals surface area contributed by atoms with Crippen LogP contribution >= 0.6 is 0 Å². The summed E-state index contributed by atoms with van der Waals surface area (Å²) in [5.74, 6) is 1.47. The smallest absolute Gasteiger partial charge is 0.161 e. The maximum absolute atomic E-state index is 5.85. The zero-order valence-corrected chi connectivity index (χ0v) is 22.5. The fourth-order valence-corrected chi connectivity index (χ4v) is 6.53. The minimum atomic E-state index is -0.495. The second kappa shape index (κ2) is 7.81. The molecule has 38 heavy (non-hydrogen) atoms. The Balaban J connectivity index is 1.66. The SMILES string of the molecule is COc1cc2c(cc1OC)C1(c3cc(C)ccc3-2)c2cc(-n3cc(C)nn3)ccc2-c2cc(C)c(C)cc21. The van der Waals surface area contributed by atoms with Crippen LogP contribution in [0.25, 0.3) is 27.9 Å². The largest absolute Gasteiger partial charge is 0.493 e. The van der Waals surface area contributed by atoms with Gasteiger partial charge in [0.1, 0.15) is 0 Å². The summed E-state index contributed by atoms with van der Waals surface area (Å²) in [6.07, 6.45) is 1.97. The molecule has 7 rings (SSSR count). The summed E-state index contributed by atoms with van der Waals surface area (Å²) in [5, 5.41) is 8.63. The van der Waals surface area contributed by atoms with E-state index in [9.17, 15) is 0 Å². The van der Waals surface area contributed by atoms with E-state index in [1.807, 2.05) is 17.8 Å². The van der Waals surface area contributed by atoms with Crippen LogP contribution in [-0.4, -0.2) is 29.2 Å². The number of nitrogens with zero attached hydrogens (tertiary/aromatic N) is 3. The molecule has 5 heteroatoms. The van der Waals surface area contributed by atoms with Crippen LogP contribution in [0.5, 0.6) is 11.5 Å². The minimum absolute atomic E-state index is 0.495. The van der Waals surface area contributed by atoms with Crippen molar-refractivity contribution in [1.82, 2.24) is 15.0 Å². The van der Waals surface area contributed by atoms with Crippen molar-refractivity contribution in [2.75, 3.05) is 14.2 Å². The molecule has 5 aromatic rings. The third kappa shape index (κ3) is 2.82. The van der Waals surface area contributed by atoms with Crippen LogP contribution in [0.1, 0.15) is 44.6 Å². The Morgan fingerprint density at radius 2 is 1.24 bits per heavy atom. The molecule has 1 atom stereocenters. The van der Waals surface area contributed by atoms with Gasteiger partial charge in [-0.2, -0.15) is 0 Å². The number of methoxy groups -OCH3 is 2. The predicted molar refractivity (Wildman–Crippen MR) is 150 cm³/mol. The molecule has 1 aromatic heterocycles. The fraction of sp³-hybridized carbons (Fsp3) is 0.212. The van der Waals surface area contributed by atoms with Crippen LogP contribution < -0.4 is 9.47 Å². The van der Waals surface area contributed by atoms with E-state index in [0.29, 0.717) is 0 Å². The fourth-order valence-electron chi connectivity index (χ4n) is 6.53. The van der Waals surface area contributed by atoms with Crippen LogP contribution in [0, 0.1) is 27.7 Å². The quantitative estimate of drug-likeness (QED) is 0.266. The number of hydrogen-bond donors (Lipinski definition) is 0. The number of aryl methyl sites for hydroxylation is 4. The van der Waals surface area contributed by atoms with Crippen molar-refractivity contribution < 1.29 is 9.47 Å². The highest BCUT2D eigenvalue weighted by molar-refractivity contribution is 5.96. The third-order valence-corrected chi connectivity index (χ3v) is 8.40. The molecule has 0 saturated carbocycles. The summed E-state index contributed by atoms with van der Waals surface area (Å²) in [7, 11) is 3.40. The molecule has 2 aliphatic rings. The highest BCUT2D eigenvalue weighted by Crippen LogP contribution is 2.64. The molecule has 1 heterocycles. The molecular weight excluding hydrogens is 470 g/mol. The van der Waals surface area contributed by atoms with Crippen LogP contribution in [0.3, 0.4) is 0 Å². The van der Waals surface area contributed by atoms with Crippen LogP contribution in [0.2, 0.25) is 0 Å². The minimum Gasteiger partial charge on any atom is -0.493 e. The number of benzene rings is 4. The van der Waals surface area contributed by atoms with Gasteiger partial charge < -0.3 is 9.47 Å². The van der Waals surface area contributed by atoms with Gasteiger partial charge in [0, 0.05) is 0 Å². The maximum Gasteiger partial charge on any atom is 0.161 e. The van der Waals surface area contributed by atoms with Crippen molar-refractivity contribution in [3.05, 3.63) is 111 Å². The number of ether oxygens (including phenoxy) is 2. The summed E-state index contributed by atoms with van der Waals surface area (Å²) in [4.78, 5) is 0. The lowest BCUT2D eigenvalue weighted by Gasteiger charge is -2.31. The van der Waals surface area contributed by atoms with Gasteiger partial charge in [-0.15, -0.1) is 5.10 Å². The molecule has 2 aliphatic carbocycles. The Hall–Kier alpha value is -4.38. The third-order valence-electron chi connectivity index (χ3n) is 8.40. The molecule has 188 valence electrons. The molecule has 1 spiro atoms. The predicted octanol–water partition coefficient (Wildman–Crippen LogP) is 6.86. The van der Waals surface area contributed by atoms with Crippen molar-refractivity contribution in [3.63, 3.8) is 0 Å². The first kappa shape index (κ1) is 22.8. The van der Waals surface area contributed by atoms with Gasteiger partial charge in [-0.25, -0.2) is 4.68 Å². The zero-order valence-electron chi connectivity index (χ0n) is 22.5. The first-order valence-electron chi connectivity index (χ1n) is 12.9. The Morgan fingerprint density at radius 3 is 1.95 bits per heavy atom. The van der Waals surface area contributed by atoms with Gasteiger partial charge in [0.2, 0.25) is 0 Å². The molecule has 0 bridgehead atoms. The molecule has 0 fully saturated rings. The number of rotatable bonds is 3. The van der Waals surface area contributed by atoms with Crippen LogP contribution in [-0.2, 0) is 5.41 Å². The second-order valence-corrected chi connectivity index (χ2v) is 10.6. The van der Waals surface area contributed by atoms with E-state index in [0.717, 1.165) is 22.9 Å². The van der Waals surface area contributed by atoms with E-state index in [2.05, 4.69) is 91.7 Å². The topological polar surface area (TPSA) is 49.2 Å². The van der Waals surface area contributed by atoms with Crippen molar-refractivity contribution >= 4 is 0 Å². The molecule has 4 aromatic carbocycles. The molecule has 1 unspecified atom stereocenters. The molecule has 0 N–H and O–H groups in total. The van der Waals surface area contributed by atoms with E-state index >= 15 is 0 Å². The first-order chi connectivity index (χ1) is 18.4. The van der Waals surface area contributed by atoms with Gasteiger partial charge in [-0.1, -0.05) is 47.2 Å². The van der Waals surface area contributed by atoms with E-state index in [1.165, 1.54) is 61.2 Å². The van der Waals surface area contributed by atoms with Gasteiger partial charge in [-0.3, -0.25) is 0 Å². The van der Waals surface area contributed by atoms with E-state index < -0.39 is 5.41 Å². The standard InChI is InChI=1S/C33H29N3O2/c1-18-7-9-23-26-15-31(37-5)32(38-6)16-30(26)33(27(23)11-18)28-13-20(3)19(2)12-25(28)24-10-8-22(14-29(24)33)36-17-21(4)34-35-36/h7-17H,1-6H3.